The molecule has 1 aromatic carbocycles. The maximum Gasteiger partial charge on any atom is 0.0501 e. The molecule has 18 heavy (non-hydrogen) atoms. The minimum Gasteiger partial charge on any atom is -0.399 e. The molecule has 0 amide bonds. The molecule has 1 saturated heterocycles. The van der Waals surface area contributed by atoms with Gasteiger partial charge in [-0.3, -0.25) is 4.90 Å². The molecule has 1 aromatic heterocycles. The minimum atomic E-state index is 0.831. The highest BCUT2D eigenvalue weighted by molar-refractivity contribution is 5.86. The van der Waals surface area contributed by atoms with E-state index in [1.807, 2.05) is 6.07 Å². The summed E-state index contributed by atoms with van der Waals surface area (Å²) < 4.78 is 2.17. The number of piperazine rings is 1. The average Bonchev–Trinajstić information content (AvgIpc) is 2.67. The van der Waals surface area contributed by atoms with Crippen molar-refractivity contribution in [2.45, 2.75) is 6.54 Å². The van der Waals surface area contributed by atoms with Crippen LogP contribution in [0.5, 0.6) is 0 Å². The molecule has 0 radical (unpaired) electrons. The largest absolute Gasteiger partial charge is 0.399 e. The van der Waals surface area contributed by atoms with Gasteiger partial charge in [0, 0.05) is 57.0 Å². The van der Waals surface area contributed by atoms with Gasteiger partial charge in [0.15, 0.2) is 0 Å². The molecule has 0 aliphatic carbocycles. The van der Waals surface area contributed by atoms with Crippen molar-refractivity contribution in [2.75, 3.05) is 31.9 Å². The molecule has 0 saturated carbocycles. The molecule has 96 valence electrons. The van der Waals surface area contributed by atoms with E-state index in [1.165, 1.54) is 16.5 Å². The molecular weight excluding hydrogens is 224 g/mol. The summed E-state index contributed by atoms with van der Waals surface area (Å²) in [5.74, 6) is 0. The number of hydrogen-bond acceptors (Lipinski definition) is 3. The second-order valence-corrected chi connectivity index (χ2v) is 5.07. The summed E-state index contributed by atoms with van der Waals surface area (Å²) in [4.78, 5) is 2.50. The standard InChI is InChI=1S/C14H20N4/c1-17-9-11(10-18-6-4-16-5-7-18)13-3-2-12(15)8-14(13)17/h2-3,8-9,16H,4-7,10,15H2,1H3. The Morgan fingerprint density at radius 1 is 1.28 bits per heavy atom. The van der Waals surface area contributed by atoms with Crippen LogP contribution < -0.4 is 11.1 Å². The Bertz CT molecular complexity index is 552. The van der Waals surface area contributed by atoms with E-state index >= 15 is 0 Å². The summed E-state index contributed by atoms with van der Waals surface area (Å²) in [6.07, 6.45) is 2.23. The van der Waals surface area contributed by atoms with Crippen LogP contribution in [0.4, 0.5) is 5.69 Å². The van der Waals surface area contributed by atoms with Crippen molar-refractivity contribution in [3.05, 3.63) is 30.0 Å². The molecule has 3 N–H and O–H groups in total. The van der Waals surface area contributed by atoms with Gasteiger partial charge in [-0.1, -0.05) is 6.07 Å². The molecule has 4 nitrogen and oxygen atoms in total. The Hall–Kier alpha value is -1.52. The number of nitrogens with two attached hydrogens (primary N) is 1. The van der Waals surface area contributed by atoms with E-state index in [9.17, 15) is 0 Å². The molecule has 1 aliphatic rings. The molecule has 0 atom stereocenters. The summed E-state index contributed by atoms with van der Waals surface area (Å²) in [5, 5.41) is 4.71. The Balaban J connectivity index is 1.91. The van der Waals surface area contributed by atoms with Crippen LogP contribution in [0.2, 0.25) is 0 Å². The van der Waals surface area contributed by atoms with Gasteiger partial charge in [0.2, 0.25) is 0 Å². The summed E-state index contributed by atoms with van der Waals surface area (Å²) >= 11 is 0. The predicted octanol–water partition coefficient (Wildman–Crippen LogP) is 1.17. The molecule has 1 fully saturated rings. The van der Waals surface area contributed by atoms with Gasteiger partial charge >= 0.3 is 0 Å². The van der Waals surface area contributed by atoms with E-state index in [0.29, 0.717) is 0 Å². The first-order valence-electron chi connectivity index (χ1n) is 6.50. The first-order chi connectivity index (χ1) is 8.74. The maximum atomic E-state index is 5.85. The molecule has 1 aliphatic heterocycles. The number of rotatable bonds is 2. The number of nitrogens with zero attached hydrogens (tertiary/aromatic N) is 2. The molecule has 3 rings (SSSR count). The lowest BCUT2D eigenvalue weighted by atomic mass is 10.1. The fourth-order valence-corrected chi connectivity index (χ4v) is 2.72. The van der Waals surface area contributed by atoms with Gasteiger partial charge in [-0.05, 0) is 17.7 Å². The average molecular weight is 244 g/mol. The number of anilines is 1. The highest BCUT2D eigenvalue weighted by atomic mass is 15.2. The van der Waals surface area contributed by atoms with Gasteiger partial charge in [0.1, 0.15) is 0 Å². The second kappa shape index (κ2) is 4.63. The van der Waals surface area contributed by atoms with Gasteiger partial charge in [0.25, 0.3) is 0 Å². The van der Waals surface area contributed by atoms with E-state index in [4.69, 9.17) is 5.73 Å². The van der Waals surface area contributed by atoms with Crippen molar-refractivity contribution in [3.8, 4) is 0 Å². The lowest BCUT2D eigenvalue weighted by Crippen LogP contribution is -2.42. The highest BCUT2D eigenvalue weighted by Crippen LogP contribution is 2.24. The van der Waals surface area contributed by atoms with Gasteiger partial charge < -0.3 is 15.6 Å². The van der Waals surface area contributed by atoms with Crippen molar-refractivity contribution in [1.82, 2.24) is 14.8 Å². The topological polar surface area (TPSA) is 46.2 Å². The Morgan fingerprint density at radius 2 is 2.06 bits per heavy atom. The number of aryl methyl sites for hydroxylation is 1. The number of fused-ring (bicyclic) bond motifs is 1. The van der Waals surface area contributed by atoms with Crippen LogP contribution in [0.15, 0.2) is 24.4 Å². The fourth-order valence-electron chi connectivity index (χ4n) is 2.72. The first-order valence-corrected chi connectivity index (χ1v) is 6.50. The zero-order valence-corrected chi connectivity index (χ0v) is 10.8. The van der Waals surface area contributed by atoms with Crippen LogP contribution in [0.3, 0.4) is 0 Å². The quantitative estimate of drug-likeness (QED) is 0.779. The zero-order valence-electron chi connectivity index (χ0n) is 10.8. The van der Waals surface area contributed by atoms with E-state index < -0.39 is 0 Å². The van der Waals surface area contributed by atoms with E-state index in [1.54, 1.807) is 0 Å². The van der Waals surface area contributed by atoms with Gasteiger partial charge in [0.05, 0.1) is 5.52 Å². The van der Waals surface area contributed by atoms with Gasteiger partial charge in [-0.25, -0.2) is 0 Å². The highest BCUT2D eigenvalue weighted by Gasteiger charge is 2.13. The van der Waals surface area contributed by atoms with Crippen LogP contribution in [0, 0.1) is 0 Å². The molecule has 4 heteroatoms. The Morgan fingerprint density at radius 3 is 2.83 bits per heavy atom. The number of nitrogen functional groups attached to an aromatic ring is 1. The summed E-state index contributed by atoms with van der Waals surface area (Å²) in [6.45, 7) is 5.48. The van der Waals surface area contributed by atoms with Gasteiger partial charge in [-0.2, -0.15) is 0 Å². The third kappa shape index (κ3) is 2.09. The Kier molecular flexibility index (Phi) is 2.97. The fraction of sp³-hybridized carbons (Fsp3) is 0.429. The SMILES string of the molecule is Cn1cc(CN2CCNCC2)c2ccc(N)cc21. The lowest BCUT2D eigenvalue weighted by molar-refractivity contribution is 0.234. The molecule has 2 aromatic rings. The van der Waals surface area contributed by atoms with Crippen LogP contribution >= 0.6 is 0 Å². The van der Waals surface area contributed by atoms with Crippen LogP contribution in [0.25, 0.3) is 10.9 Å². The molecule has 0 bridgehead atoms. The zero-order chi connectivity index (χ0) is 12.5. The third-order valence-electron chi connectivity index (χ3n) is 3.70. The minimum absolute atomic E-state index is 0.831. The van der Waals surface area contributed by atoms with Crippen molar-refractivity contribution in [2.24, 2.45) is 7.05 Å². The van der Waals surface area contributed by atoms with Crippen LogP contribution in [0.1, 0.15) is 5.56 Å². The molecule has 2 heterocycles. The van der Waals surface area contributed by atoms with E-state index in [-0.39, 0.29) is 0 Å². The molecule has 0 unspecified atom stereocenters. The summed E-state index contributed by atoms with van der Waals surface area (Å²) in [7, 11) is 2.09. The molecule has 0 spiro atoms. The van der Waals surface area contributed by atoms with Crippen molar-refractivity contribution in [3.63, 3.8) is 0 Å². The first kappa shape index (κ1) is 11.6. The van der Waals surface area contributed by atoms with Crippen molar-refractivity contribution >= 4 is 16.6 Å². The van der Waals surface area contributed by atoms with Crippen LogP contribution in [-0.2, 0) is 13.6 Å². The van der Waals surface area contributed by atoms with E-state index in [2.05, 4.69) is 40.2 Å². The van der Waals surface area contributed by atoms with E-state index in [0.717, 1.165) is 38.4 Å². The number of aromatic nitrogens is 1. The predicted molar refractivity (Wildman–Crippen MR) is 75.5 cm³/mol. The lowest BCUT2D eigenvalue weighted by Gasteiger charge is -2.26. The normalized spacial score (nSPS) is 17.4. The monoisotopic (exact) mass is 244 g/mol. The second-order valence-electron chi connectivity index (χ2n) is 5.07. The van der Waals surface area contributed by atoms with Crippen molar-refractivity contribution in [1.29, 1.82) is 0 Å². The summed E-state index contributed by atoms with van der Waals surface area (Å²) in [5.41, 5.74) is 9.31. The number of benzene rings is 1. The summed E-state index contributed by atoms with van der Waals surface area (Å²) in [6, 6.07) is 6.18. The maximum absolute atomic E-state index is 5.85. The molecular formula is C14H20N4. The number of nitrogens with one attached hydrogen (secondary N) is 1. The third-order valence-corrected chi connectivity index (χ3v) is 3.70. The van der Waals surface area contributed by atoms with Crippen molar-refractivity contribution < 1.29 is 0 Å². The smallest absolute Gasteiger partial charge is 0.0501 e. The van der Waals surface area contributed by atoms with Crippen LogP contribution in [-0.4, -0.2) is 35.6 Å². The Labute approximate surface area is 107 Å². The number of hydrogen-bond donors (Lipinski definition) is 2. The van der Waals surface area contributed by atoms with Gasteiger partial charge in [-0.15, -0.1) is 0 Å².